The van der Waals surface area contributed by atoms with E-state index in [2.05, 4.69) is 49.6 Å². The first-order chi connectivity index (χ1) is 11.6. The standard InChI is InChI=1S/C21H27NO2.ClH/c1-4-15-22(21(2,3)19-11-7-5-8-12-19)18-23-16-17-24-20-13-9-6-10-14-20;/h4-14H,1,15-18H2,2-3H3;1H. The molecular weight excluding hydrogens is 334 g/mol. The molecule has 2 aromatic carbocycles. The number of nitrogens with zero attached hydrogens (tertiary/aromatic N) is 1. The van der Waals surface area contributed by atoms with Crippen LogP contribution in [0.2, 0.25) is 0 Å². The van der Waals surface area contributed by atoms with E-state index in [1.807, 2.05) is 42.5 Å². The number of rotatable bonds is 10. The molecule has 0 spiro atoms. The summed E-state index contributed by atoms with van der Waals surface area (Å²) in [5.74, 6) is 0.869. The van der Waals surface area contributed by atoms with Gasteiger partial charge in [-0.15, -0.1) is 19.0 Å². The maximum absolute atomic E-state index is 5.83. The fourth-order valence-corrected chi connectivity index (χ4v) is 2.54. The van der Waals surface area contributed by atoms with Crippen molar-refractivity contribution in [2.45, 2.75) is 19.4 Å². The lowest BCUT2D eigenvalue weighted by Gasteiger charge is -2.38. The van der Waals surface area contributed by atoms with Crippen LogP contribution >= 0.6 is 12.4 Å². The summed E-state index contributed by atoms with van der Waals surface area (Å²) in [6.45, 7) is 10.7. The van der Waals surface area contributed by atoms with Gasteiger partial charge in [0.15, 0.2) is 0 Å². The average Bonchev–Trinajstić information content (AvgIpc) is 2.62. The highest BCUT2D eigenvalue weighted by Crippen LogP contribution is 2.27. The van der Waals surface area contributed by atoms with Gasteiger partial charge in [0.05, 0.1) is 6.61 Å². The zero-order valence-corrected chi connectivity index (χ0v) is 15.9. The molecule has 0 saturated carbocycles. The molecule has 0 saturated heterocycles. The van der Waals surface area contributed by atoms with Gasteiger partial charge >= 0.3 is 0 Å². The molecule has 0 bridgehead atoms. The smallest absolute Gasteiger partial charge is 0.119 e. The van der Waals surface area contributed by atoms with Crippen LogP contribution in [0.1, 0.15) is 19.4 Å². The molecule has 0 fully saturated rings. The third-order valence-corrected chi connectivity index (χ3v) is 4.11. The third-order valence-electron chi connectivity index (χ3n) is 4.11. The van der Waals surface area contributed by atoms with Crippen LogP contribution in [0.15, 0.2) is 73.3 Å². The summed E-state index contributed by atoms with van der Waals surface area (Å²) < 4.78 is 11.5. The minimum atomic E-state index is -0.129. The van der Waals surface area contributed by atoms with Crippen LogP contribution in [0.25, 0.3) is 0 Å². The lowest BCUT2D eigenvalue weighted by molar-refractivity contribution is -0.0269. The summed E-state index contributed by atoms with van der Waals surface area (Å²) in [6.07, 6.45) is 1.91. The van der Waals surface area contributed by atoms with E-state index in [4.69, 9.17) is 9.47 Å². The van der Waals surface area contributed by atoms with E-state index in [1.54, 1.807) is 0 Å². The van der Waals surface area contributed by atoms with Gasteiger partial charge in [-0.25, -0.2) is 0 Å². The SMILES string of the molecule is C=CCN(COCCOc1ccccc1)C(C)(C)c1ccccc1.Cl. The molecule has 0 atom stereocenters. The van der Waals surface area contributed by atoms with Gasteiger partial charge in [-0.3, -0.25) is 4.90 Å². The topological polar surface area (TPSA) is 21.7 Å². The number of ether oxygens (including phenoxy) is 2. The van der Waals surface area contributed by atoms with Crippen LogP contribution in [0.3, 0.4) is 0 Å². The van der Waals surface area contributed by atoms with Crippen molar-refractivity contribution in [3.63, 3.8) is 0 Å². The highest BCUT2D eigenvalue weighted by Gasteiger charge is 2.27. The van der Waals surface area contributed by atoms with Crippen LogP contribution in [0.5, 0.6) is 5.75 Å². The molecule has 0 aliphatic carbocycles. The number of hydrogen-bond acceptors (Lipinski definition) is 3. The second-order valence-corrected chi connectivity index (χ2v) is 6.13. The lowest BCUT2D eigenvalue weighted by atomic mass is 9.92. The van der Waals surface area contributed by atoms with Crippen molar-refractivity contribution in [2.24, 2.45) is 0 Å². The summed E-state index contributed by atoms with van der Waals surface area (Å²) >= 11 is 0. The maximum atomic E-state index is 5.83. The van der Waals surface area contributed by atoms with E-state index in [9.17, 15) is 0 Å². The first kappa shape index (κ1) is 21.2. The highest BCUT2D eigenvalue weighted by molar-refractivity contribution is 5.85. The Morgan fingerprint density at radius 2 is 1.56 bits per heavy atom. The zero-order valence-electron chi connectivity index (χ0n) is 15.1. The molecule has 0 radical (unpaired) electrons. The Balaban J connectivity index is 0.00000312. The van der Waals surface area contributed by atoms with Crippen molar-refractivity contribution in [2.75, 3.05) is 26.5 Å². The first-order valence-corrected chi connectivity index (χ1v) is 8.31. The van der Waals surface area contributed by atoms with E-state index in [1.165, 1.54) is 5.56 Å². The zero-order chi connectivity index (χ0) is 17.3. The van der Waals surface area contributed by atoms with Gasteiger partial charge in [-0.1, -0.05) is 54.6 Å². The molecule has 0 aliphatic rings. The van der Waals surface area contributed by atoms with Gasteiger partial charge in [-0.05, 0) is 31.5 Å². The molecule has 2 aromatic rings. The molecule has 0 N–H and O–H groups in total. The second kappa shape index (κ2) is 10.9. The van der Waals surface area contributed by atoms with Gasteiger partial charge in [0.25, 0.3) is 0 Å². The Bertz CT molecular complexity index is 602. The molecule has 0 aliphatic heterocycles. The Morgan fingerprint density at radius 3 is 2.16 bits per heavy atom. The van der Waals surface area contributed by atoms with Crippen LogP contribution in [0, 0.1) is 0 Å². The summed E-state index contributed by atoms with van der Waals surface area (Å²) in [4.78, 5) is 2.26. The minimum Gasteiger partial charge on any atom is -0.491 e. The molecule has 0 amide bonds. The molecule has 3 nitrogen and oxygen atoms in total. The Kier molecular flexibility index (Phi) is 9.28. The molecular formula is C21H28ClNO2. The van der Waals surface area contributed by atoms with Crippen LogP contribution < -0.4 is 4.74 Å². The highest BCUT2D eigenvalue weighted by atomic mass is 35.5. The number of halogens is 1. The van der Waals surface area contributed by atoms with Gasteiger partial charge in [0, 0.05) is 12.1 Å². The van der Waals surface area contributed by atoms with E-state index in [0.717, 1.165) is 12.3 Å². The number of benzene rings is 2. The van der Waals surface area contributed by atoms with Crippen LogP contribution in [-0.2, 0) is 10.3 Å². The molecule has 25 heavy (non-hydrogen) atoms. The van der Waals surface area contributed by atoms with Crippen molar-refractivity contribution < 1.29 is 9.47 Å². The van der Waals surface area contributed by atoms with E-state index in [0.29, 0.717) is 19.9 Å². The largest absolute Gasteiger partial charge is 0.491 e. The normalized spacial score (nSPS) is 11.0. The van der Waals surface area contributed by atoms with Crippen molar-refractivity contribution in [1.82, 2.24) is 4.90 Å². The lowest BCUT2D eigenvalue weighted by Crippen LogP contribution is -2.43. The van der Waals surface area contributed by atoms with Crippen molar-refractivity contribution >= 4 is 12.4 Å². The molecule has 0 heterocycles. The second-order valence-electron chi connectivity index (χ2n) is 6.13. The number of hydrogen-bond donors (Lipinski definition) is 0. The van der Waals surface area contributed by atoms with Gasteiger partial charge < -0.3 is 9.47 Å². The fraction of sp³-hybridized carbons (Fsp3) is 0.333. The molecule has 0 aromatic heterocycles. The fourth-order valence-electron chi connectivity index (χ4n) is 2.54. The molecule has 2 rings (SSSR count). The van der Waals surface area contributed by atoms with Gasteiger partial charge in [0.1, 0.15) is 19.1 Å². The predicted octanol–water partition coefficient (Wildman–Crippen LogP) is 4.88. The summed E-state index contributed by atoms with van der Waals surface area (Å²) in [5.41, 5.74) is 1.13. The number of para-hydroxylation sites is 1. The summed E-state index contributed by atoms with van der Waals surface area (Å²) in [5, 5.41) is 0. The van der Waals surface area contributed by atoms with Crippen LogP contribution in [0.4, 0.5) is 0 Å². The first-order valence-electron chi connectivity index (χ1n) is 8.31. The summed E-state index contributed by atoms with van der Waals surface area (Å²) in [7, 11) is 0. The van der Waals surface area contributed by atoms with Gasteiger partial charge in [0.2, 0.25) is 0 Å². The molecule has 136 valence electrons. The van der Waals surface area contributed by atoms with Crippen molar-refractivity contribution in [3.8, 4) is 5.75 Å². The van der Waals surface area contributed by atoms with Crippen LogP contribution in [-0.4, -0.2) is 31.4 Å². The van der Waals surface area contributed by atoms with Crippen molar-refractivity contribution in [3.05, 3.63) is 78.9 Å². The van der Waals surface area contributed by atoms with Crippen molar-refractivity contribution in [1.29, 1.82) is 0 Å². The average molecular weight is 362 g/mol. The summed E-state index contributed by atoms with van der Waals surface area (Å²) in [6, 6.07) is 20.3. The maximum Gasteiger partial charge on any atom is 0.119 e. The van der Waals surface area contributed by atoms with E-state index in [-0.39, 0.29) is 17.9 Å². The minimum absolute atomic E-state index is 0. The van der Waals surface area contributed by atoms with Gasteiger partial charge in [-0.2, -0.15) is 0 Å². The monoisotopic (exact) mass is 361 g/mol. The quantitative estimate of drug-likeness (QED) is 0.342. The molecule has 0 unspecified atom stereocenters. The Morgan fingerprint density at radius 1 is 0.960 bits per heavy atom. The Hall–Kier alpha value is -1.81. The molecule has 4 heteroatoms. The third kappa shape index (κ3) is 6.54. The van der Waals surface area contributed by atoms with E-state index < -0.39 is 0 Å². The van der Waals surface area contributed by atoms with E-state index >= 15 is 0 Å². The predicted molar refractivity (Wildman–Crippen MR) is 106 cm³/mol. The Labute approximate surface area is 157 Å².